The molecule has 0 saturated heterocycles. The number of aliphatic carboxylic acids is 1. The van der Waals surface area contributed by atoms with Crippen LogP contribution in [0.25, 0.3) is 6.08 Å². The summed E-state index contributed by atoms with van der Waals surface area (Å²) >= 11 is 3.33. The SMILES string of the molecule is CCC/C(=C\c1ccc(Br)cc1)C(=O)O. The Balaban J connectivity index is 2.91. The van der Waals surface area contributed by atoms with Gasteiger partial charge in [0.1, 0.15) is 0 Å². The van der Waals surface area contributed by atoms with Gasteiger partial charge in [-0.1, -0.05) is 41.4 Å². The highest BCUT2D eigenvalue weighted by Gasteiger charge is 2.05. The highest BCUT2D eigenvalue weighted by Crippen LogP contribution is 2.15. The molecular formula is C12H13BrO2. The van der Waals surface area contributed by atoms with Crippen molar-refractivity contribution < 1.29 is 9.90 Å². The lowest BCUT2D eigenvalue weighted by Gasteiger charge is -2.00. The molecule has 0 atom stereocenters. The molecule has 0 radical (unpaired) electrons. The lowest BCUT2D eigenvalue weighted by atomic mass is 10.1. The van der Waals surface area contributed by atoms with Crippen LogP contribution in [-0.2, 0) is 4.79 Å². The molecule has 0 amide bonds. The molecule has 3 heteroatoms. The van der Waals surface area contributed by atoms with E-state index in [9.17, 15) is 4.79 Å². The van der Waals surface area contributed by atoms with E-state index in [0.717, 1.165) is 16.5 Å². The van der Waals surface area contributed by atoms with Crippen molar-refractivity contribution in [1.29, 1.82) is 0 Å². The van der Waals surface area contributed by atoms with Gasteiger partial charge in [-0.2, -0.15) is 0 Å². The molecular weight excluding hydrogens is 256 g/mol. The third-order valence-corrected chi connectivity index (χ3v) is 2.53. The van der Waals surface area contributed by atoms with E-state index in [2.05, 4.69) is 15.9 Å². The Morgan fingerprint density at radius 1 is 1.40 bits per heavy atom. The minimum absolute atomic E-state index is 0.458. The topological polar surface area (TPSA) is 37.3 Å². The lowest BCUT2D eigenvalue weighted by molar-refractivity contribution is -0.132. The molecule has 0 heterocycles. The Hall–Kier alpha value is -1.09. The van der Waals surface area contributed by atoms with Gasteiger partial charge in [0.2, 0.25) is 0 Å². The van der Waals surface area contributed by atoms with Gasteiger partial charge in [0.25, 0.3) is 0 Å². The maximum atomic E-state index is 10.9. The molecule has 1 aromatic rings. The Bertz CT molecular complexity index is 366. The van der Waals surface area contributed by atoms with Crippen LogP contribution in [0.1, 0.15) is 25.3 Å². The normalized spacial score (nSPS) is 11.5. The van der Waals surface area contributed by atoms with Gasteiger partial charge >= 0.3 is 5.97 Å². The molecule has 0 bridgehead atoms. The first-order valence-corrected chi connectivity index (χ1v) is 5.62. The van der Waals surface area contributed by atoms with E-state index in [1.165, 1.54) is 0 Å². The number of rotatable bonds is 4. The molecule has 0 aliphatic carbocycles. The third-order valence-electron chi connectivity index (χ3n) is 2.00. The first kappa shape index (κ1) is 12.0. The van der Waals surface area contributed by atoms with Crippen molar-refractivity contribution >= 4 is 28.0 Å². The Kier molecular flexibility index (Phi) is 4.56. The molecule has 0 aromatic heterocycles. The standard InChI is InChI=1S/C12H13BrO2/c1-2-3-10(12(14)15)8-9-4-6-11(13)7-5-9/h4-8H,2-3H2,1H3,(H,14,15)/b10-8+. The monoisotopic (exact) mass is 268 g/mol. The molecule has 0 unspecified atom stereocenters. The van der Waals surface area contributed by atoms with E-state index in [0.29, 0.717) is 12.0 Å². The van der Waals surface area contributed by atoms with E-state index in [1.54, 1.807) is 6.08 Å². The van der Waals surface area contributed by atoms with Crippen molar-refractivity contribution in [2.45, 2.75) is 19.8 Å². The van der Waals surface area contributed by atoms with Crippen LogP contribution in [0.3, 0.4) is 0 Å². The smallest absolute Gasteiger partial charge is 0.331 e. The summed E-state index contributed by atoms with van der Waals surface area (Å²) in [5.74, 6) is -0.834. The van der Waals surface area contributed by atoms with Crippen molar-refractivity contribution in [1.82, 2.24) is 0 Å². The summed E-state index contributed by atoms with van der Waals surface area (Å²) in [5, 5.41) is 8.94. The molecule has 0 fully saturated rings. The summed E-state index contributed by atoms with van der Waals surface area (Å²) in [6, 6.07) is 7.58. The Labute approximate surface area is 97.8 Å². The van der Waals surface area contributed by atoms with E-state index >= 15 is 0 Å². The van der Waals surface area contributed by atoms with E-state index in [4.69, 9.17) is 5.11 Å². The number of carboxylic acid groups (broad SMARTS) is 1. The molecule has 1 N–H and O–H groups in total. The van der Waals surface area contributed by atoms with E-state index < -0.39 is 5.97 Å². The molecule has 2 nitrogen and oxygen atoms in total. The van der Waals surface area contributed by atoms with Gasteiger partial charge in [-0.15, -0.1) is 0 Å². The van der Waals surface area contributed by atoms with Crippen LogP contribution in [0.15, 0.2) is 34.3 Å². The van der Waals surface area contributed by atoms with Crippen molar-refractivity contribution in [3.63, 3.8) is 0 Å². The van der Waals surface area contributed by atoms with Crippen molar-refractivity contribution in [2.75, 3.05) is 0 Å². The summed E-state index contributed by atoms with van der Waals surface area (Å²) < 4.78 is 0.993. The number of hydrogen-bond acceptors (Lipinski definition) is 1. The van der Waals surface area contributed by atoms with Gasteiger partial charge in [0.05, 0.1) is 0 Å². The van der Waals surface area contributed by atoms with Crippen LogP contribution >= 0.6 is 15.9 Å². The predicted molar refractivity (Wildman–Crippen MR) is 64.7 cm³/mol. The quantitative estimate of drug-likeness (QED) is 0.846. The zero-order valence-corrected chi connectivity index (χ0v) is 10.1. The molecule has 0 saturated carbocycles. The van der Waals surface area contributed by atoms with Crippen LogP contribution in [0.5, 0.6) is 0 Å². The molecule has 0 aliphatic heterocycles. The van der Waals surface area contributed by atoms with Gasteiger partial charge in [-0.25, -0.2) is 4.79 Å². The van der Waals surface area contributed by atoms with Crippen LogP contribution in [0.4, 0.5) is 0 Å². The summed E-state index contributed by atoms with van der Waals surface area (Å²) in [5.41, 5.74) is 1.38. The molecule has 0 aliphatic rings. The van der Waals surface area contributed by atoms with E-state index in [1.807, 2.05) is 31.2 Å². The highest BCUT2D eigenvalue weighted by molar-refractivity contribution is 9.10. The third kappa shape index (κ3) is 3.88. The molecule has 1 aromatic carbocycles. The molecule has 80 valence electrons. The van der Waals surface area contributed by atoms with Crippen molar-refractivity contribution in [3.05, 3.63) is 39.9 Å². The summed E-state index contributed by atoms with van der Waals surface area (Å²) in [6.07, 6.45) is 3.17. The number of hydrogen-bond donors (Lipinski definition) is 1. The Morgan fingerprint density at radius 3 is 2.47 bits per heavy atom. The second-order valence-corrected chi connectivity index (χ2v) is 4.19. The minimum atomic E-state index is -0.834. The predicted octanol–water partition coefficient (Wildman–Crippen LogP) is 3.72. The molecule has 15 heavy (non-hydrogen) atoms. The minimum Gasteiger partial charge on any atom is -0.478 e. The zero-order chi connectivity index (χ0) is 11.3. The van der Waals surface area contributed by atoms with Gasteiger partial charge < -0.3 is 5.11 Å². The second kappa shape index (κ2) is 5.71. The fourth-order valence-corrected chi connectivity index (χ4v) is 1.53. The maximum Gasteiger partial charge on any atom is 0.331 e. The number of halogens is 1. The second-order valence-electron chi connectivity index (χ2n) is 3.28. The largest absolute Gasteiger partial charge is 0.478 e. The van der Waals surface area contributed by atoms with Crippen LogP contribution < -0.4 is 0 Å². The number of benzene rings is 1. The van der Waals surface area contributed by atoms with Crippen molar-refractivity contribution in [3.8, 4) is 0 Å². The average molecular weight is 269 g/mol. The summed E-state index contributed by atoms with van der Waals surface area (Å²) in [6.45, 7) is 1.97. The summed E-state index contributed by atoms with van der Waals surface area (Å²) in [4.78, 5) is 10.9. The Morgan fingerprint density at radius 2 is 2.00 bits per heavy atom. The summed E-state index contributed by atoms with van der Waals surface area (Å²) in [7, 11) is 0. The van der Waals surface area contributed by atoms with E-state index in [-0.39, 0.29) is 0 Å². The van der Waals surface area contributed by atoms with Gasteiger partial charge in [0.15, 0.2) is 0 Å². The first-order valence-electron chi connectivity index (χ1n) is 4.83. The molecule has 1 rings (SSSR count). The molecule has 0 spiro atoms. The maximum absolute atomic E-state index is 10.9. The van der Waals surface area contributed by atoms with Gasteiger partial charge in [0, 0.05) is 10.0 Å². The van der Waals surface area contributed by atoms with Crippen LogP contribution in [0.2, 0.25) is 0 Å². The lowest BCUT2D eigenvalue weighted by Crippen LogP contribution is -1.99. The van der Waals surface area contributed by atoms with Gasteiger partial charge in [-0.05, 0) is 30.2 Å². The van der Waals surface area contributed by atoms with Gasteiger partial charge in [-0.3, -0.25) is 0 Å². The fourth-order valence-electron chi connectivity index (χ4n) is 1.27. The average Bonchev–Trinajstić information content (AvgIpc) is 2.20. The van der Waals surface area contributed by atoms with Crippen LogP contribution in [-0.4, -0.2) is 11.1 Å². The zero-order valence-electron chi connectivity index (χ0n) is 8.53. The number of carboxylic acids is 1. The first-order chi connectivity index (χ1) is 7.13. The van der Waals surface area contributed by atoms with Crippen LogP contribution in [0, 0.1) is 0 Å². The fraction of sp³-hybridized carbons (Fsp3) is 0.250. The highest BCUT2D eigenvalue weighted by atomic mass is 79.9. The number of carbonyl (C=O) groups is 1. The van der Waals surface area contributed by atoms with Crippen molar-refractivity contribution in [2.24, 2.45) is 0 Å².